The van der Waals surface area contributed by atoms with Crippen LogP contribution in [0.2, 0.25) is 0 Å². The second-order valence-corrected chi connectivity index (χ2v) is 7.16. The Morgan fingerprint density at radius 2 is 2.18 bits per heavy atom. The molecule has 0 unspecified atom stereocenters. The first kappa shape index (κ1) is 19.8. The van der Waals surface area contributed by atoms with Crippen molar-refractivity contribution in [1.29, 1.82) is 5.26 Å². The van der Waals surface area contributed by atoms with Gasteiger partial charge in [0.2, 0.25) is 11.9 Å². The van der Waals surface area contributed by atoms with Crippen molar-refractivity contribution in [2.75, 3.05) is 11.9 Å². The molecule has 1 aromatic heterocycles. The van der Waals surface area contributed by atoms with Gasteiger partial charge in [-0.15, -0.1) is 0 Å². The molecule has 7 nitrogen and oxygen atoms in total. The van der Waals surface area contributed by atoms with Gasteiger partial charge >= 0.3 is 0 Å². The van der Waals surface area contributed by atoms with Crippen LogP contribution in [0.5, 0.6) is 0 Å². The van der Waals surface area contributed by atoms with Gasteiger partial charge in [0.15, 0.2) is 0 Å². The van der Waals surface area contributed by atoms with E-state index >= 15 is 0 Å². The molecule has 2 heterocycles. The number of rotatable bonds is 7. The molecule has 3 atom stereocenters. The summed E-state index contributed by atoms with van der Waals surface area (Å²) in [6.07, 6.45) is 5.60. The number of ether oxygens (including phenoxy) is 1. The number of nitriles is 1. The molecule has 146 valence electrons. The van der Waals surface area contributed by atoms with Crippen molar-refractivity contribution in [3.05, 3.63) is 47.8 Å². The molecule has 1 aliphatic heterocycles. The van der Waals surface area contributed by atoms with Crippen LogP contribution in [0, 0.1) is 17.2 Å². The Hall–Kier alpha value is -2.98. The predicted molar refractivity (Wildman–Crippen MR) is 106 cm³/mol. The van der Waals surface area contributed by atoms with Crippen molar-refractivity contribution in [3.63, 3.8) is 0 Å². The Labute approximate surface area is 165 Å². The van der Waals surface area contributed by atoms with E-state index in [1.807, 2.05) is 13.0 Å². The topological polar surface area (TPSA) is 99.9 Å². The largest absolute Gasteiger partial charge is 0.373 e. The number of nitrogens with one attached hydrogen (secondary N) is 2. The number of benzene rings is 1. The van der Waals surface area contributed by atoms with Crippen LogP contribution in [-0.4, -0.2) is 28.5 Å². The zero-order chi connectivity index (χ0) is 19.9. The van der Waals surface area contributed by atoms with E-state index < -0.39 is 0 Å². The summed E-state index contributed by atoms with van der Waals surface area (Å²) in [4.78, 5) is 20.7. The van der Waals surface area contributed by atoms with Gasteiger partial charge in [-0.2, -0.15) is 5.26 Å². The van der Waals surface area contributed by atoms with Crippen molar-refractivity contribution in [2.24, 2.45) is 5.92 Å². The van der Waals surface area contributed by atoms with Crippen molar-refractivity contribution in [2.45, 2.75) is 45.3 Å². The SMILES string of the molecule is CC[C@H](C)NC(=O)C[C@H]1CO[C@@H](c2cnc(Nc3cccc(C#N)c3)nc2)C1. The highest BCUT2D eigenvalue weighted by molar-refractivity contribution is 5.76. The molecule has 0 radical (unpaired) electrons. The summed E-state index contributed by atoms with van der Waals surface area (Å²) in [5.74, 6) is 0.751. The lowest BCUT2D eigenvalue weighted by Gasteiger charge is -2.13. The van der Waals surface area contributed by atoms with Crippen LogP contribution >= 0.6 is 0 Å². The fraction of sp³-hybridized carbons (Fsp3) is 0.429. The molecule has 2 aromatic rings. The number of carbonyl (C=O) groups is 1. The fourth-order valence-corrected chi connectivity index (χ4v) is 3.13. The third-order valence-corrected chi connectivity index (χ3v) is 4.87. The van der Waals surface area contributed by atoms with Gasteiger partial charge in [-0.3, -0.25) is 4.79 Å². The Bertz CT molecular complexity index is 847. The summed E-state index contributed by atoms with van der Waals surface area (Å²) in [7, 11) is 0. The van der Waals surface area contributed by atoms with Gasteiger partial charge in [0.25, 0.3) is 0 Å². The number of amides is 1. The molecule has 3 rings (SSSR count). The molecule has 0 spiro atoms. The third-order valence-electron chi connectivity index (χ3n) is 4.87. The van der Waals surface area contributed by atoms with Gasteiger partial charge in [0, 0.05) is 36.1 Å². The van der Waals surface area contributed by atoms with Crippen LogP contribution in [0.1, 0.15) is 50.3 Å². The van der Waals surface area contributed by atoms with E-state index in [4.69, 9.17) is 10.00 Å². The number of nitrogens with zero attached hydrogens (tertiary/aromatic N) is 3. The average Bonchev–Trinajstić information content (AvgIpc) is 3.16. The van der Waals surface area contributed by atoms with Crippen molar-refractivity contribution in [3.8, 4) is 6.07 Å². The summed E-state index contributed by atoms with van der Waals surface area (Å²) in [5.41, 5.74) is 2.24. The molecular formula is C21H25N5O2. The van der Waals surface area contributed by atoms with E-state index in [0.29, 0.717) is 24.5 Å². The third kappa shape index (κ3) is 5.27. The second-order valence-electron chi connectivity index (χ2n) is 7.16. The highest BCUT2D eigenvalue weighted by Gasteiger charge is 2.29. The Morgan fingerprint density at radius 1 is 1.39 bits per heavy atom. The van der Waals surface area contributed by atoms with Crippen LogP contribution in [0.25, 0.3) is 0 Å². The summed E-state index contributed by atoms with van der Waals surface area (Å²) < 4.78 is 5.86. The van der Waals surface area contributed by atoms with Crippen LogP contribution < -0.4 is 10.6 Å². The lowest BCUT2D eigenvalue weighted by atomic mass is 9.99. The summed E-state index contributed by atoms with van der Waals surface area (Å²) in [5, 5.41) is 15.1. The molecule has 1 saturated heterocycles. The molecule has 1 fully saturated rings. The smallest absolute Gasteiger partial charge is 0.227 e. The maximum Gasteiger partial charge on any atom is 0.227 e. The second kappa shape index (κ2) is 9.29. The van der Waals surface area contributed by atoms with Gasteiger partial charge in [-0.05, 0) is 43.9 Å². The lowest BCUT2D eigenvalue weighted by Crippen LogP contribution is -2.33. The maximum atomic E-state index is 12.1. The predicted octanol–water partition coefficient (Wildman–Crippen LogP) is 3.47. The number of carbonyl (C=O) groups excluding carboxylic acids is 1. The summed E-state index contributed by atoms with van der Waals surface area (Å²) >= 11 is 0. The Balaban J connectivity index is 1.54. The molecular weight excluding hydrogens is 354 g/mol. The highest BCUT2D eigenvalue weighted by atomic mass is 16.5. The molecule has 0 bridgehead atoms. The maximum absolute atomic E-state index is 12.1. The number of aromatic nitrogens is 2. The molecule has 1 aromatic carbocycles. The van der Waals surface area contributed by atoms with E-state index in [9.17, 15) is 4.79 Å². The quantitative estimate of drug-likeness (QED) is 0.764. The van der Waals surface area contributed by atoms with Crippen LogP contribution in [-0.2, 0) is 9.53 Å². The lowest BCUT2D eigenvalue weighted by molar-refractivity contribution is -0.122. The first-order valence-corrected chi connectivity index (χ1v) is 9.57. The van der Waals surface area contributed by atoms with Gasteiger partial charge in [0.1, 0.15) is 0 Å². The first-order valence-electron chi connectivity index (χ1n) is 9.57. The van der Waals surface area contributed by atoms with Crippen molar-refractivity contribution >= 4 is 17.5 Å². The van der Waals surface area contributed by atoms with E-state index in [1.165, 1.54) is 0 Å². The monoisotopic (exact) mass is 379 g/mol. The van der Waals surface area contributed by atoms with E-state index in [-0.39, 0.29) is 24.0 Å². The summed E-state index contributed by atoms with van der Waals surface area (Å²) in [6, 6.07) is 9.45. The van der Waals surface area contributed by atoms with Gasteiger partial charge < -0.3 is 15.4 Å². The van der Waals surface area contributed by atoms with Crippen molar-refractivity contribution < 1.29 is 9.53 Å². The minimum Gasteiger partial charge on any atom is -0.373 e. The van der Waals surface area contributed by atoms with E-state index in [2.05, 4.69) is 33.6 Å². The molecule has 1 aliphatic rings. The molecule has 7 heteroatoms. The Morgan fingerprint density at radius 3 is 2.89 bits per heavy atom. The summed E-state index contributed by atoms with van der Waals surface area (Å²) in [6.45, 7) is 4.63. The molecule has 1 amide bonds. The van der Waals surface area contributed by atoms with E-state index in [1.54, 1.807) is 30.6 Å². The van der Waals surface area contributed by atoms with Gasteiger partial charge in [0.05, 0.1) is 24.3 Å². The fourth-order valence-electron chi connectivity index (χ4n) is 3.13. The molecule has 0 aliphatic carbocycles. The zero-order valence-electron chi connectivity index (χ0n) is 16.2. The normalized spacial score (nSPS) is 19.6. The molecule has 28 heavy (non-hydrogen) atoms. The average molecular weight is 379 g/mol. The zero-order valence-corrected chi connectivity index (χ0v) is 16.2. The minimum atomic E-state index is -0.0858. The standard InChI is InChI=1S/C21H25N5O2/c1-3-14(2)25-20(27)9-16-8-19(28-13-16)17-11-23-21(24-12-17)26-18-6-4-5-15(7-18)10-22/h4-7,11-12,14,16,19H,3,8-9,13H2,1-2H3,(H,25,27)(H,23,24,26)/t14-,16-,19+/m0/s1. The van der Waals surface area contributed by atoms with Crippen LogP contribution in [0.4, 0.5) is 11.6 Å². The highest BCUT2D eigenvalue weighted by Crippen LogP contribution is 2.33. The Kier molecular flexibility index (Phi) is 6.56. The van der Waals surface area contributed by atoms with Gasteiger partial charge in [-0.1, -0.05) is 13.0 Å². The first-order chi connectivity index (χ1) is 13.6. The van der Waals surface area contributed by atoms with Gasteiger partial charge in [-0.25, -0.2) is 9.97 Å². The minimum absolute atomic E-state index is 0.0824. The number of anilines is 2. The number of hydrogen-bond donors (Lipinski definition) is 2. The van der Waals surface area contributed by atoms with Crippen LogP contribution in [0.15, 0.2) is 36.7 Å². The molecule has 2 N–H and O–H groups in total. The van der Waals surface area contributed by atoms with Crippen molar-refractivity contribution in [1.82, 2.24) is 15.3 Å². The van der Waals surface area contributed by atoms with Crippen LogP contribution in [0.3, 0.4) is 0 Å². The molecule has 0 saturated carbocycles. The number of hydrogen-bond acceptors (Lipinski definition) is 6. The van der Waals surface area contributed by atoms with E-state index in [0.717, 1.165) is 24.1 Å².